The molecule has 0 amide bonds. The lowest BCUT2D eigenvalue weighted by atomic mass is 10.0. The number of nitrogens with one attached hydrogen (secondary N) is 1. The van der Waals surface area contributed by atoms with Crippen molar-refractivity contribution in [1.29, 1.82) is 0 Å². The summed E-state index contributed by atoms with van der Waals surface area (Å²) in [5, 5.41) is 13.9. The van der Waals surface area contributed by atoms with Gasteiger partial charge in [-0.1, -0.05) is 18.5 Å². The van der Waals surface area contributed by atoms with Gasteiger partial charge in [0.05, 0.1) is 17.2 Å². The molecule has 0 aromatic carbocycles. The van der Waals surface area contributed by atoms with E-state index in [0.717, 1.165) is 16.7 Å². The minimum Gasteiger partial charge on any atom is -0.388 e. The van der Waals surface area contributed by atoms with Gasteiger partial charge in [0.2, 0.25) is 0 Å². The van der Waals surface area contributed by atoms with Gasteiger partial charge in [0, 0.05) is 39.6 Å². The van der Waals surface area contributed by atoms with E-state index >= 15 is 0 Å². The number of rotatable bonds is 5. The molecule has 1 unspecified atom stereocenters. The lowest BCUT2D eigenvalue weighted by Crippen LogP contribution is -2.46. The summed E-state index contributed by atoms with van der Waals surface area (Å²) in [6.45, 7) is 4.93. The second-order valence-electron chi connectivity index (χ2n) is 5.37. The van der Waals surface area contributed by atoms with Gasteiger partial charge in [0.15, 0.2) is 5.96 Å². The van der Waals surface area contributed by atoms with Gasteiger partial charge in [-0.15, -0.1) is 0 Å². The van der Waals surface area contributed by atoms with E-state index in [9.17, 15) is 5.11 Å². The summed E-state index contributed by atoms with van der Waals surface area (Å²) in [7, 11) is 5.65. The quantitative estimate of drug-likeness (QED) is 0.644. The number of hydrogen-bond acceptors (Lipinski definition) is 2. The van der Waals surface area contributed by atoms with Gasteiger partial charge in [-0.25, -0.2) is 0 Å². The molecule has 1 aromatic rings. The molecule has 0 aliphatic rings. The second-order valence-corrected chi connectivity index (χ2v) is 5.80. The standard InChI is InChI=1S/C14H25ClN4O/c1-6-14(2,20)10-17-13(16-3)19(5)9-12-7-11(15)8-18(12)4/h7-8,20H,6,9-10H2,1-5H3,(H,16,17). The van der Waals surface area contributed by atoms with Crippen molar-refractivity contribution < 1.29 is 5.11 Å². The third-order valence-corrected chi connectivity index (χ3v) is 3.64. The predicted molar refractivity (Wildman–Crippen MR) is 84.2 cm³/mol. The van der Waals surface area contributed by atoms with Crippen LogP contribution in [-0.2, 0) is 13.6 Å². The van der Waals surface area contributed by atoms with Gasteiger partial charge in [-0.05, 0) is 19.4 Å². The lowest BCUT2D eigenvalue weighted by Gasteiger charge is -2.27. The summed E-state index contributed by atoms with van der Waals surface area (Å²) in [4.78, 5) is 6.23. The number of aliphatic imine (C=N–C) groups is 1. The first-order chi connectivity index (χ1) is 9.29. The van der Waals surface area contributed by atoms with Crippen molar-refractivity contribution in [3.05, 3.63) is 23.0 Å². The minimum atomic E-state index is -0.731. The normalized spacial score (nSPS) is 15.1. The maximum atomic E-state index is 10.0. The van der Waals surface area contributed by atoms with E-state index in [4.69, 9.17) is 11.6 Å². The Morgan fingerprint density at radius 3 is 2.70 bits per heavy atom. The van der Waals surface area contributed by atoms with E-state index < -0.39 is 5.60 Å². The fraction of sp³-hybridized carbons (Fsp3) is 0.643. The Labute approximate surface area is 126 Å². The Morgan fingerprint density at radius 1 is 1.60 bits per heavy atom. The van der Waals surface area contributed by atoms with E-state index in [1.54, 1.807) is 7.05 Å². The zero-order valence-electron chi connectivity index (χ0n) is 12.9. The summed E-state index contributed by atoms with van der Waals surface area (Å²) in [5.41, 5.74) is 0.369. The monoisotopic (exact) mass is 300 g/mol. The van der Waals surface area contributed by atoms with Gasteiger partial charge >= 0.3 is 0 Å². The molecule has 0 saturated heterocycles. The number of hydrogen-bond donors (Lipinski definition) is 2. The zero-order chi connectivity index (χ0) is 15.3. The average Bonchev–Trinajstić information content (AvgIpc) is 2.68. The Bertz CT molecular complexity index is 468. The van der Waals surface area contributed by atoms with Crippen molar-refractivity contribution in [3.63, 3.8) is 0 Å². The third-order valence-electron chi connectivity index (χ3n) is 3.44. The lowest BCUT2D eigenvalue weighted by molar-refractivity contribution is 0.0598. The molecular weight excluding hydrogens is 276 g/mol. The van der Waals surface area contributed by atoms with Crippen molar-refractivity contribution in [1.82, 2.24) is 14.8 Å². The van der Waals surface area contributed by atoms with Crippen LogP contribution >= 0.6 is 11.6 Å². The number of halogens is 1. The van der Waals surface area contributed by atoms with Gasteiger partial charge < -0.3 is 19.9 Å². The van der Waals surface area contributed by atoms with Crippen molar-refractivity contribution >= 4 is 17.6 Å². The zero-order valence-corrected chi connectivity index (χ0v) is 13.7. The molecule has 1 aromatic heterocycles. The van der Waals surface area contributed by atoms with Crippen LogP contribution in [0.2, 0.25) is 5.02 Å². The molecule has 6 heteroatoms. The number of aliphatic hydroxyl groups is 1. The van der Waals surface area contributed by atoms with Gasteiger partial charge in [-0.2, -0.15) is 0 Å². The second kappa shape index (κ2) is 6.99. The summed E-state index contributed by atoms with van der Waals surface area (Å²) in [6.07, 6.45) is 2.57. The topological polar surface area (TPSA) is 52.8 Å². The summed E-state index contributed by atoms with van der Waals surface area (Å²) in [6, 6.07) is 1.94. The minimum absolute atomic E-state index is 0.467. The molecule has 0 bridgehead atoms. The Balaban J connectivity index is 2.64. The highest BCUT2D eigenvalue weighted by Gasteiger charge is 2.19. The maximum absolute atomic E-state index is 10.0. The first-order valence-electron chi connectivity index (χ1n) is 6.74. The highest BCUT2D eigenvalue weighted by Crippen LogP contribution is 2.14. The first kappa shape index (κ1) is 16.9. The Kier molecular flexibility index (Phi) is 5.89. The summed E-state index contributed by atoms with van der Waals surface area (Å²) >= 11 is 5.98. The molecule has 1 rings (SSSR count). The van der Waals surface area contributed by atoms with Crippen LogP contribution in [0.4, 0.5) is 0 Å². The number of aryl methyl sites for hydroxylation is 1. The SMILES string of the molecule is CCC(C)(O)CNC(=NC)N(C)Cc1cc(Cl)cn1C. The van der Waals surface area contributed by atoms with Crippen molar-refractivity contribution in [2.45, 2.75) is 32.4 Å². The third kappa shape index (κ3) is 4.72. The molecule has 0 fully saturated rings. The van der Waals surface area contributed by atoms with Crippen LogP contribution in [0.5, 0.6) is 0 Å². The molecule has 1 atom stereocenters. The fourth-order valence-corrected chi connectivity index (χ4v) is 2.09. The maximum Gasteiger partial charge on any atom is 0.193 e. The van der Waals surface area contributed by atoms with Crippen LogP contribution in [0.1, 0.15) is 26.0 Å². The molecule has 0 aliphatic heterocycles. The van der Waals surface area contributed by atoms with Crippen LogP contribution in [0.15, 0.2) is 17.3 Å². The van der Waals surface area contributed by atoms with Crippen LogP contribution in [-0.4, -0.2) is 46.8 Å². The van der Waals surface area contributed by atoms with E-state index in [-0.39, 0.29) is 0 Å². The van der Waals surface area contributed by atoms with Crippen LogP contribution in [0.25, 0.3) is 0 Å². The number of nitrogens with zero attached hydrogens (tertiary/aromatic N) is 3. The first-order valence-corrected chi connectivity index (χ1v) is 7.11. The molecule has 0 aliphatic carbocycles. The highest BCUT2D eigenvalue weighted by molar-refractivity contribution is 6.30. The van der Waals surface area contributed by atoms with Crippen LogP contribution in [0.3, 0.4) is 0 Å². The van der Waals surface area contributed by atoms with Crippen LogP contribution < -0.4 is 5.32 Å². The summed E-state index contributed by atoms with van der Waals surface area (Å²) < 4.78 is 1.99. The van der Waals surface area contributed by atoms with Crippen molar-refractivity contribution in [3.8, 4) is 0 Å². The predicted octanol–water partition coefficient (Wildman–Crippen LogP) is 1.85. The summed E-state index contributed by atoms with van der Waals surface area (Å²) in [5.74, 6) is 0.746. The van der Waals surface area contributed by atoms with Gasteiger partial charge in [-0.3, -0.25) is 4.99 Å². The number of guanidine groups is 1. The smallest absolute Gasteiger partial charge is 0.193 e. The largest absolute Gasteiger partial charge is 0.388 e. The van der Waals surface area contributed by atoms with Crippen LogP contribution in [0, 0.1) is 0 Å². The molecule has 0 spiro atoms. The highest BCUT2D eigenvalue weighted by atomic mass is 35.5. The van der Waals surface area contributed by atoms with Gasteiger partial charge in [0.25, 0.3) is 0 Å². The van der Waals surface area contributed by atoms with E-state index in [0.29, 0.717) is 19.5 Å². The molecule has 1 heterocycles. The van der Waals surface area contributed by atoms with E-state index in [1.807, 2.05) is 49.7 Å². The Hall–Kier alpha value is -1.20. The molecule has 2 N–H and O–H groups in total. The van der Waals surface area contributed by atoms with Crippen molar-refractivity contribution in [2.24, 2.45) is 12.0 Å². The van der Waals surface area contributed by atoms with Gasteiger partial charge in [0.1, 0.15) is 0 Å². The van der Waals surface area contributed by atoms with E-state index in [2.05, 4.69) is 10.3 Å². The Morgan fingerprint density at radius 2 is 2.25 bits per heavy atom. The molecule has 5 nitrogen and oxygen atoms in total. The molecular formula is C14H25ClN4O. The van der Waals surface area contributed by atoms with Crippen molar-refractivity contribution in [2.75, 3.05) is 20.6 Å². The molecule has 114 valence electrons. The molecule has 0 radical (unpaired) electrons. The average molecular weight is 301 g/mol. The fourth-order valence-electron chi connectivity index (χ4n) is 1.82. The number of aromatic nitrogens is 1. The molecule has 20 heavy (non-hydrogen) atoms. The van der Waals surface area contributed by atoms with E-state index in [1.165, 1.54) is 0 Å². The molecule has 0 saturated carbocycles.